The van der Waals surface area contributed by atoms with Gasteiger partial charge < -0.3 is 19.7 Å². The molecule has 1 aromatic carbocycles. The van der Waals surface area contributed by atoms with Gasteiger partial charge in [-0.25, -0.2) is 9.97 Å². The number of nitrogens with zero attached hydrogens (tertiary/aromatic N) is 3. The summed E-state index contributed by atoms with van der Waals surface area (Å²) in [6.45, 7) is 6.21. The molecule has 7 nitrogen and oxygen atoms in total. The van der Waals surface area contributed by atoms with Crippen molar-refractivity contribution in [1.29, 1.82) is 0 Å². The minimum absolute atomic E-state index is 0.194. The number of benzene rings is 1. The number of amides is 1. The van der Waals surface area contributed by atoms with E-state index in [1.54, 1.807) is 38.7 Å². The highest BCUT2D eigenvalue weighted by atomic mass is 32.1. The smallest absolute Gasteiger partial charge is 0.266 e. The Morgan fingerprint density at radius 1 is 1.20 bits per heavy atom. The average Bonchev–Trinajstić information content (AvgIpc) is 3.11. The van der Waals surface area contributed by atoms with Crippen LogP contribution in [-0.4, -0.2) is 43.2 Å². The minimum Gasteiger partial charge on any atom is -0.497 e. The van der Waals surface area contributed by atoms with E-state index in [2.05, 4.69) is 27.1 Å². The summed E-state index contributed by atoms with van der Waals surface area (Å²) in [6, 6.07) is 5.31. The van der Waals surface area contributed by atoms with Gasteiger partial charge in [0.25, 0.3) is 5.91 Å². The number of carbonyl (C=O) groups excluding carboxylic acids is 1. The fourth-order valence-corrected chi connectivity index (χ4v) is 4.86. The number of aromatic nitrogens is 2. The van der Waals surface area contributed by atoms with E-state index in [9.17, 15) is 4.79 Å². The number of hydrogen-bond donors (Lipinski definition) is 1. The summed E-state index contributed by atoms with van der Waals surface area (Å²) in [7, 11) is 3.16. The van der Waals surface area contributed by atoms with Crippen LogP contribution in [0.5, 0.6) is 11.5 Å². The van der Waals surface area contributed by atoms with Crippen molar-refractivity contribution in [2.75, 3.05) is 37.5 Å². The first-order valence-electron chi connectivity index (χ1n) is 10.0. The molecule has 1 saturated heterocycles. The maximum atomic E-state index is 13.1. The Morgan fingerprint density at radius 3 is 2.67 bits per heavy atom. The van der Waals surface area contributed by atoms with Crippen LogP contribution in [0.4, 0.5) is 11.5 Å². The molecule has 1 amide bonds. The zero-order valence-electron chi connectivity index (χ0n) is 17.7. The molecule has 8 heteroatoms. The molecule has 3 heterocycles. The summed E-state index contributed by atoms with van der Waals surface area (Å²) in [4.78, 5) is 25.9. The van der Waals surface area contributed by atoms with Gasteiger partial charge in [0.1, 0.15) is 28.5 Å². The largest absolute Gasteiger partial charge is 0.497 e. The molecule has 0 atom stereocenters. The van der Waals surface area contributed by atoms with Gasteiger partial charge >= 0.3 is 0 Å². The number of carbonyl (C=O) groups is 1. The summed E-state index contributed by atoms with van der Waals surface area (Å²) in [5.41, 5.74) is 1.47. The van der Waals surface area contributed by atoms with Gasteiger partial charge in [-0.15, -0.1) is 11.3 Å². The third kappa shape index (κ3) is 3.79. The summed E-state index contributed by atoms with van der Waals surface area (Å²) in [6.07, 6.45) is 3.90. The summed E-state index contributed by atoms with van der Waals surface area (Å²) in [5.74, 6) is 2.69. The number of thiophene rings is 1. The van der Waals surface area contributed by atoms with Crippen molar-refractivity contribution in [3.05, 3.63) is 35.0 Å². The fourth-order valence-electron chi connectivity index (χ4n) is 3.82. The SMILES string of the molecule is COc1ccc(OC)c(NC(=O)c2sc3ncnc(N4CCC(C)CC4)c3c2C)c1. The molecular weight excluding hydrogens is 400 g/mol. The number of methoxy groups -OCH3 is 2. The van der Waals surface area contributed by atoms with Crippen LogP contribution in [0.15, 0.2) is 24.5 Å². The van der Waals surface area contributed by atoms with E-state index in [0.717, 1.165) is 53.4 Å². The van der Waals surface area contributed by atoms with E-state index in [-0.39, 0.29) is 5.91 Å². The lowest BCUT2D eigenvalue weighted by molar-refractivity contribution is 0.102. The van der Waals surface area contributed by atoms with Crippen LogP contribution in [0, 0.1) is 12.8 Å². The predicted octanol–water partition coefficient (Wildman–Crippen LogP) is 4.51. The normalized spacial score (nSPS) is 14.7. The lowest BCUT2D eigenvalue weighted by Crippen LogP contribution is -2.33. The van der Waals surface area contributed by atoms with E-state index in [4.69, 9.17) is 9.47 Å². The van der Waals surface area contributed by atoms with Crippen molar-refractivity contribution in [2.45, 2.75) is 26.7 Å². The van der Waals surface area contributed by atoms with Crippen molar-refractivity contribution < 1.29 is 14.3 Å². The van der Waals surface area contributed by atoms with Crippen LogP contribution in [0.25, 0.3) is 10.2 Å². The number of anilines is 2. The van der Waals surface area contributed by atoms with Crippen LogP contribution < -0.4 is 19.7 Å². The Morgan fingerprint density at radius 2 is 1.97 bits per heavy atom. The molecule has 0 saturated carbocycles. The zero-order valence-corrected chi connectivity index (χ0v) is 18.5. The van der Waals surface area contributed by atoms with Crippen molar-refractivity contribution in [3.8, 4) is 11.5 Å². The molecule has 0 bridgehead atoms. The first-order chi connectivity index (χ1) is 14.5. The van der Waals surface area contributed by atoms with Gasteiger partial charge in [-0.05, 0) is 43.4 Å². The quantitative estimate of drug-likeness (QED) is 0.647. The van der Waals surface area contributed by atoms with E-state index in [1.807, 2.05) is 6.92 Å². The van der Waals surface area contributed by atoms with Crippen LogP contribution in [-0.2, 0) is 0 Å². The maximum Gasteiger partial charge on any atom is 0.266 e. The topological polar surface area (TPSA) is 76.6 Å². The first-order valence-corrected chi connectivity index (χ1v) is 10.9. The number of ether oxygens (including phenoxy) is 2. The molecule has 0 spiro atoms. The second-order valence-corrected chi connectivity index (χ2v) is 8.62. The van der Waals surface area contributed by atoms with Crippen molar-refractivity contribution >= 4 is 39.0 Å². The van der Waals surface area contributed by atoms with Gasteiger partial charge in [-0.2, -0.15) is 0 Å². The number of rotatable bonds is 5. The maximum absolute atomic E-state index is 13.1. The van der Waals surface area contributed by atoms with Gasteiger partial charge in [0.2, 0.25) is 0 Å². The van der Waals surface area contributed by atoms with E-state index < -0.39 is 0 Å². The molecule has 4 rings (SSSR count). The van der Waals surface area contributed by atoms with Gasteiger partial charge in [-0.3, -0.25) is 4.79 Å². The second kappa shape index (κ2) is 8.47. The highest BCUT2D eigenvalue weighted by Gasteiger charge is 2.24. The van der Waals surface area contributed by atoms with Crippen LogP contribution in [0.1, 0.15) is 35.0 Å². The highest BCUT2D eigenvalue weighted by molar-refractivity contribution is 7.20. The van der Waals surface area contributed by atoms with Crippen LogP contribution in [0.3, 0.4) is 0 Å². The Balaban J connectivity index is 1.68. The first kappa shape index (κ1) is 20.4. The third-order valence-electron chi connectivity index (χ3n) is 5.65. The second-order valence-electron chi connectivity index (χ2n) is 7.62. The standard InChI is InChI=1S/C22H26N4O3S/c1-13-7-9-26(10-8-13)20-18-14(2)19(30-22(18)24-12-23-20)21(27)25-16-11-15(28-3)5-6-17(16)29-4/h5-6,11-13H,7-10H2,1-4H3,(H,25,27). The predicted molar refractivity (Wildman–Crippen MR) is 120 cm³/mol. The van der Waals surface area contributed by atoms with Gasteiger partial charge in [0.15, 0.2) is 0 Å². The molecule has 0 radical (unpaired) electrons. The molecule has 0 unspecified atom stereocenters. The molecule has 1 fully saturated rings. The highest BCUT2D eigenvalue weighted by Crippen LogP contribution is 2.37. The molecule has 3 aromatic rings. The molecule has 2 aromatic heterocycles. The van der Waals surface area contributed by atoms with Crippen LogP contribution >= 0.6 is 11.3 Å². The number of piperidine rings is 1. The molecule has 1 aliphatic heterocycles. The van der Waals surface area contributed by atoms with Gasteiger partial charge in [-0.1, -0.05) is 6.92 Å². The van der Waals surface area contributed by atoms with Crippen molar-refractivity contribution in [1.82, 2.24) is 9.97 Å². The zero-order chi connectivity index (χ0) is 21.3. The van der Waals surface area contributed by atoms with Crippen molar-refractivity contribution in [3.63, 3.8) is 0 Å². The third-order valence-corrected chi connectivity index (χ3v) is 6.85. The summed E-state index contributed by atoms with van der Waals surface area (Å²) >= 11 is 1.39. The Bertz CT molecular complexity index is 1070. The molecule has 158 valence electrons. The number of aryl methyl sites for hydroxylation is 1. The van der Waals surface area contributed by atoms with E-state index in [0.29, 0.717) is 22.1 Å². The lowest BCUT2D eigenvalue weighted by Gasteiger charge is -2.31. The Labute approximate surface area is 180 Å². The minimum atomic E-state index is -0.194. The molecule has 30 heavy (non-hydrogen) atoms. The van der Waals surface area contributed by atoms with Crippen molar-refractivity contribution in [2.24, 2.45) is 5.92 Å². The fraction of sp³-hybridized carbons (Fsp3) is 0.409. The molecular formula is C22H26N4O3S. The molecule has 1 aliphatic rings. The monoisotopic (exact) mass is 426 g/mol. The van der Waals surface area contributed by atoms with Gasteiger partial charge in [0.05, 0.1) is 30.2 Å². The summed E-state index contributed by atoms with van der Waals surface area (Å²) < 4.78 is 10.7. The number of hydrogen-bond acceptors (Lipinski definition) is 7. The molecule has 1 N–H and O–H groups in total. The molecule has 0 aliphatic carbocycles. The van der Waals surface area contributed by atoms with Gasteiger partial charge in [0, 0.05) is 19.2 Å². The van der Waals surface area contributed by atoms with Crippen LogP contribution in [0.2, 0.25) is 0 Å². The average molecular weight is 427 g/mol. The number of fused-ring (bicyclic) bond motifs is 1. The summed E-state index contributed by atoms with van der Waals surface area (Å²) in [5, 5.41) is 3.94. The Hall–Kier alpha value is -2.87. The number of nitrogens with one attached hydrogen (secondary N) is 1. The van der Waals surface area contributed by atoms with E-state index in [1.165, 1.54) is 11.3 Å². The lowest BCUT2D eigenvalue weighted by atomic mass is 9.99. The Kier molecular flexibility index (Phi) is 5.76. The van der Waals surface area contributed by atoms with E-state index >= 15 is 0 Å².